The number of hydrogen-bond acceptors (Lipinski definition) is 3. The Kier molecular flexibility index (Phi) is 5.81. The van der Waals surface area contributed by atoms with E-state index in [4.69, 9.17) is 11.6 Å². The van der Waals surface area contributed by atoms with Crippen molar-refractivity contribution < 1.29 is 8.42 Å². The lowest BCUT2D eigenvalue weighted by atomic mass is 10.2. The first-order valence-corrected chi connectivity index (χ1v) is 9.48. The van der Waals surface area contributed by atoms with Gasteiger partial charge in [0.1, 0.15) is 4.21 Å². The molecular weight excluding hydrogens is 326 g/mol. The minimum absolute atomic E-state index is 0.387. The van der Waals surface area contributed by atoms with Gasteiger partial charge in [0, 0.05) is 24.3 Å². The number of nitrogens with zero attached hydrogens (tertiary/aromatic N) is 1. The van der Waals surface area contributed by atoms with Gasteiger partial charge in [0.15, 0.2) is 0 Å². The molecule has 1 heterocycles. The molecule has 0 spiro atoms. The fraction of sp³-hybridized carbons (Fsp3) is 0.333. The topological polar surface area (TPSA) is 37.4 Å². The van der Waals surface area contributed by atoms with Crippen LogP contribution in [0.15, 0.2) is 46.7 Å². The number of likely N-dealkylation sites (N-methyl/N-ethyl adjacent to an activating group) is 1. The monoisotopic (exact) mass is 343 g/mol. The summed E-state index contributed by atoms with van der Waals surface area (Å²) in [6.07, 6.45) is 1.41. The molecule has 1 aromatic carbocycles. The summed E-state index contributed by atoms with van der Waals surface area (Å²) >= 11 is 6.99. The number of rotatable bonds is 7. The maximum atomic E-state index is 12.5. The van der Waals surface area contributed by atoms with Crippen molar-refractivity contribution >= 4 is 33.0 Å². The second-order valence-electron chi connectivity index (χ2n) is 4.72. The molecule has 3 nitrogen and oxygen atoms in total. The molecule has 0 radical (unpaired) electrons. The van der Waals surface area contributed by atoms with Crippen molar-refractivity contribution in [1.82, 2.24) is 4.31 Å². The first-order chi connectivity index (χ1) is 10.0. The van der Waals surface area contributed by atoms with Crippen LogP contribution in [-0.4, -0.2) is 32.2 Å². The maximum absolute atomic E-state index is 12.5. The second kappa shape index (κ2) is 7.40. The summed E-state index contributed by atoms with van der Waals surface area (Å²) in [6, 6.07) is 13.4. The molecule has 6 heteroatoms. The minimum atomic E-state index is -3.40. The summed E-state index contributed by atoms with van der Waals surface area (Å²) in [5.41, 5.74) is 1.13. The summed E-state index contributed by atoms with van der Waals surface area (Å²) in [5.74, 6) is 0.504. The van der Waals surface area contributed by atoms with E-state index in [0.717, 1.165) is 10.4 Å². The van der Waals surface area contributed by atoms with E-state index in [2.05, 4.69) is 0 Å². The van der Waals surface area contributed by atoms with Gasteiger partial charge in [-0.05, 0) is 30.5 Å². The highest BCUT2D eigenvalue weighted by atomic mass is 35.5. The van der Waals surface area contributed by atoms with Gasteiger partial charge >= 0.3 is 0 Å². The number of alkyl halides is 1. The SMILES string of the molecule is CN(CCc1ccccc1)S(=O)(=O)c1ccc(CCCl)s1. The van der Waals surface area contributed by atoms with Crippen LogP contribution in [0.1, 0.15) is 10.4 Å². The lowest BCUT2D eigenvalue weighted by Crippen LogP contribution is -2.28. The van der Waals surface area contributed by atoms with Crippen molar-refractivity contribution in [1.29, 1.82) is 0 Å². The third-order valence-electron chi connectivity index (χ3n) is 3.20. The molecule has 0 aliphatic heterocycles. The van der Waals surface area contributed by atoms with E-state index in [1.165, 1.54) is 15.6 Å². The predicted octanol–water partition coefficient (Wildman–Crippen LogP) is 3.39. The Bertz CT molecular complexity index is 668. The average Bonchev–Trinajstić information content (AvgIpc) is 2.95. The van der Waals surface area contributed by atoms with Crippen molar-refractivity contribution in [2.75, 3.05) is 19.5 Å². The summed E-state index contributed by atoms with van der Waals surface area (Å²) in [7, 11) is -1.77. The zero-order valence-electron chi connectivity index (χ0n) is 11.8. The number of hydrogen-bond donors (Lipinski definition) is 0. The van der Waals surface area contributed by atoms with Crippen molar-refractivity contribution in [3.8, 4) is 0 Å². The summed E-state index contributed by atoms with van der Waals surface area (Å²) in [5, 5.41) is 0. The van der Waals surface area contributed by atoms with E-state index in [0.29, 0.717) is 29.5 Å². The molecule has 114 valence electrons. The van der Waals surface area contributed by atoms with E-state index in [1.807, 2.05) is 36.4 Å². The first-order valence-electron chi connectivity index (χ1n) is 6.69. The molecule has 2 rings (SSSR count). The zero-order chi connectivity index (χ0) is 15.3. The van der Waals surface area contributed by atoms with E-state index in [9.17, 15) is 8.42 Å². The quantitative estimate of drug-likeness (QED) is 0.723. The fourth-order valence-electron chi connectivity index (χ4n) is 1.93. The van der Waals surface area contributed by atoms with Crippen LogP contribution in [0.2, 0.25) is 0 Å². The highest BCUT2D eigenvalue weighted by molar-refractivity contribution is 7.91. The zero-order valence-corrected chi connectivity index (χ0v) is 14.2. The van der Waals surface area contributed by atoms with Gasteiger partial charge in [-0.1, -0.05) is 30.3 Å². The van der Waals surface area contributed by atoms with Gasteiger partial charge in [-0.3, -0.25) is 0 Å². The van der Waals surface area contributed by atoms with Crippen molar-refractivity contribution in [3.63, 3.8) is 0 Å². The Morgan fingerprint density at radius 1 is 1.10 bits per heavy atom. The Morgan fingerprint density at radius 2 is 1.81 bits per heavy atom. The Morgan fingerprint density at radius 3 is 2.48 bits per heavy atom. The Balaban J connectivity index is 2.04. The van der Waals surface area contributed by atoms with Crippen LogP contribution in [-0.2, 0) is 22.9 Å². The predicted molar refractivity (Wildman–Crippen MR) is 88.7 cm³/mol. The normalized spacial score (nSPS) is 12.0. The molecule has 0 unspecified atom stereocenters. The van der Waals surface area contributed by atoms with Gasteiger partial charge in [0.2, 0.25) is 0 Å². The Labute approximate surface area is 135 Å². The highest BCUT2D eigenvalue weighted by Gasteiger charge is 2.22. The van der Waals surface area contributed by atoms with Gasteiger partial charge in [0.05, 0.1) is 0 Å². The third kappa shape index (κ3) is 4.30. The Hall–Kier alpha value is -0.880. The second-order valence-corrected chi connectivity index (χ2v) is 8.54. The molecule has 0 aliphatic carbocycles. The molecule has 2 aromatic rings. The van der Waals surface area contributed by atoms with Gasteiger partial charge in [-0.25, -0.2) is 8.42 Å². The van der Waals surface area contributed by atoms with Crippen LogP contribution in [0.4, 0.5) is 0 Å². The number of aryl methyl sites for hydroxylation is 1. The van der Waals surface area contributed by atoms with Crippen LogP contribution >= 0.6 is 22.9 Å². The molecular formula is C15H18ClNO2S2. The van der Waals surface area contributed by atoms with Crippen LogP contribution in [0, 0.1) is 0 Å². The molecule has 1 aromatic heterocycles. The lowest BCUT2D eigenvalue weighted by molar-refractivity contribution is 0.474. The fourth-order valence-corrected chi connectivity index (χ4v) is 4.98. The standard InChI is InChI=1S/C15H18ClNO2S2/c1-17(12-10-13-5-3-2-4-6-13)21(18,19)15-8-7-14(20-15)9-11-16/h2-8H,9-12H2,1H3. The van der Waals surface area contributed by atoms with Gasteiger partial charge < -0.3 is 0 Å². The van der Waals surface area contributed by atoms with Gasteiger partial charge in [0.25, 0.3) is 10.0 Å². The number of sulfonamides is 1. The summed E-state index contributed by atoms with van der Waals surface area (Å²) in [6.45, 7) is 0.467. The molecule has 0 N–H and O–H groups in total. The number of benzene rings is 1. The molecule has 0 amide bonds. The molecule has 0 atom stereocenters. The lowest BCUT2D eigenvalue weighted by Gasteiger charge is -2.15. The minimum Gasteiger partial charge on any atom is -0.206 e. The average molecular weight is 344 g/mol. The first kappa shape index (κ1) is 16.5. The maximum Gasteiger partial charge on any atom is 0.252 e. The smallest absolute Gasteiger partial charge is 0.206 e. The van der Waals surface area contributed by atoms with Crippen molar-refractivity contribution in [2.24, 2.45) is 0 Å². The molecule has 0 saturated heterocycles. The van der Waals surface area contributed by atoms with Crippen LogP contribution in [0.3, 0.4) is 0 Å². The van der Waals surface area contributed by atoms with Crippen LogP contribution in [0.5, 0.6) is 0 Å². The van der Waals surface area contributed by atoms with E-state index in [-0.39, 0.29) is 0 Å². The van der Waals surface area contributed by atoms with Crippen LogP contribution in [0.25, 0.3) is 0 Å². The van der Waals surface area contributed by atoms with Crippen LogP contribution < -0.4 is 0 Å². The van der Waals surface area contributed by atoms with Gasteiger partial charge in [-0.15, -0.1) is 22.9 Å². The van der Waals surface area contributed by atoms with Crippen molar-refractivity contribution in [2.45, 2.75) is 17.1 Å². The molecule has 0 fully saturated rings. The van der Waals surface area contributed by atoms with E-state index in [1.54, 1.807) is 13.1 Å². The number of thiophene rings is 1. The molecule has 0 aliphatic rings. The third-order valence-corrected chi connectivity index (χ3v) is 6.86. The van der Waals surface area contributed by atoms with Gasteiger partial charge in [-0.2, -0.15) is 4.31 Å². The molecule has 21 heavy (non-hydrogen) atoms. The number of halogens is 1. The summed E-state index contributed by atoms with van der Waals surface area (Å²) in [4.78, 5) is 1.00. The van der Waals surface area contributed by atoms with E-state index >= 15 is 0 Å². The molecule has 0 saturated carbocycles. The van der Waals surface area contributed by atoms with E-state index < -0.39 is 10.0 Å². The summed E-state index contributed by atoms with van der Waals surface area (Å²) < 4.78 is 26.7. The highest BCUT2D eigenvalue weighted by Crippen LogP contribution is 2.25. The largest absolute Gasteiger partial charge is 0.252 e. The van der Waals surface area contributed by atoms with Crippen molar-refractivity contribution in [3.05, 3.63) is 52.9 Å². The molecule has 0 bridgehead atoms.